The molecule has 2 aliphatic rings. The van der Waals surface area contributed by atoms with Crippen LogP contribution in [0.25, 0.3) is 0 Å². The maximum absolute atomic E-state index is 12.6. The normalized spacial score (nSPS) is 19.7. The molecule has 2 amide bonds. The van der Waals surface area contributed by atoms with Gasteiger partial charge in [0.05, 0.1) is 12.0 Å². The minimum Gasteiger partial charge on any atom is -0.486 e. The molecular formula is C20H21N3O4. The average Bonchev–Trinajstić information content (AvgIpc) is 3.10. The first-order chi connectivity index (χ1) is 13.1. The van der Waals surface area contributed by atoms with Gasteiger partial charge in [-0.3, -0.25) is 14.6 Å². The number of carbonyl (C=O) groups is 2. The molecule has 0 bridgehead atoms. The molecule has 140 valence electrons. The Morgan fingerprint density at radius 3 is 2.70 bits per heavy atom. The van der Waals surface area contributed by atoms with Crippen molar-refractivity contribution < 1.29 is 19.1 Å². The lowest BCUT2D eigenvalue weighted by molar-refractivity contribution is -0.126. The van der Waals surface area contributed by atoms with E-state index in [0.29, 0.717) is 31.3 Å². The second-order valence-corrected chi connectivity index (χ2v) is 6.74. The van der Waals surface area contributed by atoms with Gasteiger partial charge in [-0.15, -0.1) is 0 Å². The summed E-state index contributed by atoms with van der Waals surface area (Å²) in [6, 6.07) is 9.02. The Kier molecular flexibility index (Phi) is 4.66. The number of carbonyl (C=O) groups excluding carboxylic acids is 2. The number of aromatic nitrogens is 1. The van der Waals surface area contributed by atoms with Crippen molar-refractivity contribution in [1.82, 2.24) is 10.3 Å². The third-order valence-electron chi connectivity index (χ3n) is 4.90. The van der Waals surface area contributed by atoms with Crippen molar-refractivity contribution in [2.75, 3.05) is 24.7 Å². The highest BCUT2D eigenvalue weighted by atomic mass is 16.6. The van der Waals surface area contributed by atoms with Crippen LogP contribution in [0.4, 0.5) is 5.69 Å². The summed E-state index contributed by atoms with van der Waals surface area (Å²) in [7, 11) is 0. The summed E-state index contributed by atoms with van der Waals surface area (Å²) in [6.07, 6.45) is 3.59. The van der Waals surface area contributed by atoms with E-state index in [1.54, 1.807) is 29.4 Å². The van der Waals surface area contributed by atoms with E-state index in [2.05, 4.69) is 10.3 Å². The van der Waals surface area contributed by atoms with E-state index >= 15 is 0 Å². The van der Waals surface area contributed by atoms with Crippen molar-refractivity contribution in [1.29, 1.82) is 0 Å². The second kappa shape index (κ2) is 7.26. The van der Waals surface area contributed by atoms with Crippen LogP contribution < -0.4 is 19.7 Å². The van der Waals surface area contributed by atoms with Gasteiger partial charge < -0.3 is 19.7 Å². The number of amides is 2. The number of pyridine rings is 1. The summed E-state index contributed by atoms with van der Waals surface area (Å²) in [6.45, 7) is 3.28. The molecule has 1 N–H and O–H groups in total. The van der Waals surface area contributed by atoms with E-state index < -0.39 is 0 Å². The fraction of sp³-hybridized carbons (Fsp3) is 0.350. The molecule has 4 rings (SSSR count). The molecule has 2 atom stereocenters. The van der Waals surface area contributed by atoms with Gasteiger partial charge in [0.1, 0.15) is 13.2 Å². The summed E-state index contributed by atoms with van der Waals surface area (Å²) in [5, 5.41) is 2.99. The SMILES string of the molecule is C[C@H](NC(=O)[C@@H]1CC(=O)N(c2ccc3c(c2)OCCO3)C1)c1ccncc1. The molecule has 7 nitrogen and oxygen atoms in total. The van der Waals surface area contributed by atoms with Crippen LogP contribution in [0.2, 0.25) is 0 Å². The summed E-state index contributed by atoms with van der Waals surface area (Å²) in [5.74, 6) is 0.744. The number of anilines is 1. The summed E-state index contributed by atoms with van der Waals surface area (Å²) >= 11 is 0. The molecule has 1 fully saturated rings. The zero-order chi connectivity index (χ0) is 18.8. The number of nitrogens with one attached hydrogen (secondary N) is 1. The Bertz CT molecular complexity index is 856. The number of benzene rings is 1. The second-order valence-electron chi connectivity index (χ2n) is 6.74. The Hall–Kier alpha value is -3.09. The maximum atomic E-state index is 12.6. The van der Waals surface area contributed by atoms with Crippen LogP contribution in [0.15, 0.2) is 42.7 Å². The van der Waals surface area contributed by atoms with Gasteiger partial charge in [-0.2, -0.15) is 0 Å². The zero-order valence-electron chi connectivity index (χ0n) is 15.1. The molecule has 7 heteroatoms. The molecule has 1 aromatic heterocycles. The lowest BCUT2D eigenvalue weighted by Gasteiger charge is -2.22. The standard InChI is InChI=1S/C20H21N3O4/c1-13(14-4-6-21-7-5-14)22-20(25)15-10-19(24)23(12-15)16-2-3-17-18(11-16)27-9-8-26-17/h2-7,11,13,15H,8-10,12H2,1H3,(H,22,25)/t13-,15+/m0/s1. The van der Waals surface area contributed by atoms with Gasteiger partial charge in [-0.25, -0.2) is 0 Å². The molecule has 0 saturated carbocycles. The van der Waals surface area contributed by atoms with E-state index in [0.717, 1.165) is 11.3 Å². The van der Waals surface area contributed by atoms with Crippen molar-refractivity contribution in [3.63, 3.8) is 0 Å². The number of hydrogen-bond acceptors (Lipinski definition) is 5. The molecule has 1 saturated heterocycles. The summed E-state index contributed by atoms with van der Waals surface area (Å²) in [4.78, 5) is 30.7. The molecule has 0 spiro atoms. The van der Waals surface area contributed by atoms with Crippen LogP contribution in [0.5, 0.6) is 11.5 Å². The molecular weight excluding hydrogens is 346 g/mol. The van der Waals surface area contributed by atoms with Gasteiger partial charge in [0.25, 0.3) is 0 Å². The van der Waals surface area contributed by atoms with E-state index in [-0.39, 0.29) is 30.2 Å². The van der Waals surface area contributed by atoms with Crippen molar-refractivity contribution in [2.45, 2.75) is 19.4 Å². The van der Waals surface area contributed by atoms with Crippen LogP contribution >= 0.6 is 0 Å². The largest absolute Gasteiger partial charge is 0.486 e. The van der Waals surface area contributed by atoms with Crippen LogP contribution in [0, 0.1) is 5.92 Å². The Balaban J connectivity index is 1.43. The number of nitrogens with zero attached hydrogens (tertiary/aromatic N) is 2. The first-order valence-corrected chi connectivity index (χ1v) is 9.02. The van der Waals surface area contributed by atoms with Gasteiger partial charge in [0.2, 0.25) is 11.8 Å². The van der Waals surface area contributed by atoms with Gasteiger partial charge in [-0.1, -0.05) is 0 Å². The third-order valence-corrected chi connectivity index (χ3v) is 4.90. The van der Waals surface area contributed by atoms with E-state index in [1.807, 2.05) is 25.1 Å². The predicted molar refractivity (Wildman–Crippen MR) is 98.7 cm³/mol. The Labute approximate surface area is 157 Å². The van der Waals surface area contributed by atoms with Gasteiger partial charge in [0.15, 0.2) is 11.5 Å². The van der Waals surface area contributed by atoms with Gasteiger partial charge in [-0.05, 0) is 36.8 Å². The fourth-order valence-corrected chi connectivity index (χ4v) is 3.40. The van der Waals surface area contributed by atoms with E-state index in [4.69, 9.17) is 9.47 Å². The van der Waals surface area contributed by atoms with Crippen LogP contribution in [-0.4, -0.2) is 36.6 Å². The topological polar surface area (TPSA) is 80.8 Å². The average molecular weight is 367 g/mol. The van der Waals surface area contributed by atoms with E-state index in [9.17, 15) is 9.59 Å². The monoisotopic (exact) mass is 367 g/mol. The first kappa shape index (κ1) is 17.3. The van der Waals surface area contributed by atoms with Gasteiger partial charge in [0, 0.05) is 37.1 Å². The smallest absolute Gasteiger partial charge is 0.227 e. The van der Waals surface area contributed by atoms with Crippen LogP contribution in [-0.2, 0) is 9.59 Å². The lowest BCUT2D eigenvalue weighted by atomic mass is 10.1. The lowest BCUT2D eigenvalue weighted by Crippen LogP contribution is -2.34. The highest BCUT2D eigenvalue weighted by Gasteiger charge is 2.36. The number of rotatable bonds is 4. The number of fused-ring (bicyclic) bond motifs is 1. The van der Waals surface area contributed by atoms with Crippen molar-refractivity contribution in [3.8, 4) is 11.5 Å². The van der Waals surface area contributed by atoms with Crippen molar-refractivity contribution >= 4 is 17.5 Å². The molecule has 0 radical (unpaired) electrons. The summed E-state index contributed by atoms with van der Waals surface area (Å²) in [5.41, 5.74) is 1.70. The summed E-state index contributed by atoms with van der Waals surface area (Å²) < 4.78 is 11.1. The molecule has 2 aliphatic heterocycles. The number of ether oxygens (including phenoxy) is 2. The maximum Gasteiger partial charge on any atom is 0.227 e. The minimum atomic E-state index is -0.380. The highest BCUT2D eigenvalue weighted by Crippen LogP contribution is 2.36. The Morgan fingerprint density at radius 2 is 1.93 bits per heavy atom. The molecule has 27 heavy (non-hydrogen) atoms. The molecule has 0 aliphatic carbocycles. The Morgan fingerprint density at radius 1 is 1.19 bits per heavy atom. The molecule has 3 heterocycles. The highest BCUT2D eigenvalue weighted by molar-refractivity contribution is 6.00. The van der Waals surface area contributed by atoms with E-state index in [1.165, 1.54) is 0 Å². The number of hydrogen-bond donors (Lipinski definition) is 1. The first-order valence-electron chi connectivity index (χ1n) is 9.02. The quantitative estimate of drug-likeness (QED) is 0.895. The fourth-order valence-electron chi connectivity index (χ4n) is 3.40. The zero-order valence-corrected chi connectivity index (χ0v) is 15.1. The van der Waals surface area contributed by atoms with Crippen molar-refractivity contribution in [3.05, 3.63) is 48.3 Å². The van der Waals surface area contributed by atoms with Gasteiger partial charge >= 0.3 is 0 Å². The van der Waals surface area contributed by atoms with Crippen LogP contribution in [0.1, 0.15) is 24.9 Å². The van der Waals surface area contributed by atoms with Crippen molar-refractivity contribution in [2.24, 2.45) is 5.92 Å². The van der Waals surface area contributed by atoms with Crippen LogP contribution in [0.3, 0.4) is 0 Å². The predicted octanol–water partition coefficient (Wildman–Crippen LogP) is 2.08. The molecule has 1 aromatic carbocycles. The molecule has 0 unspecified atom stereocenters. The third kappa shape index (κ3) is 3.58. The molecule has 2 aromatic rings. The minimum absolute atomic E-state index is 0.0663.